The zero-order chi connectivity index (χ0) is 12.9. The molecule has 0 saturated heterocycles. The van der Waals surface area contributed by atoms with Crippen LogP contribution in [-0.4, -0.2) is 15.9 Å². The number of ketones is 1. The maximum Gasteiger partial charge on any atom is 0.250 e. The lowest BCUT2D eigenvalue weighted by molar-refractivity contribution is -0.129. The fourth-order valence-corrected chi connectivity index (χ4v) is 3.11. The molecule has 0 heterocycles. The first-order valence-corrected chi connectivity index (χ1v) is 7.21. The van der Waals surface area contributed by atoms with Gasteiger partial charge in [-0.05, 0) is 36.8 Å². The maximum absolute atomic E-state index is 12.1. The summed E-state index contributed by atoms with van der Waals surface area (Å²) in [5, 5.41) is -0.687. The van der Waals surface area contributed by atoms with E-state index in [1.165, 1.54) is 0 Å². The molecule has 0 aromatic rings. The Bertz CT molecular complexity index is 285. The highest BCUT2D eigenvalue weighted by Gasteiger charge is 2.49. The molecule has 0 aliphatic heterocycles. The van der Waals surface area contributed by atoms with Crippen LogP contribution < -0.4 is 0 Å². The molecule has 0 radical (unpaired) electrons. The minimum atomic E-state index is -1.45. The Morgan fingerprint density at radius 2 is 1.82 bits per heavy atom. The number of halogens is 2. The average molecular weight is 279 g/mol. The molecule has 1 atom stereocenters. The molecule has 1 rings (SSSR count). The maximum atomic E-state index is 12.1. The van der Waals surface area contributed by atoms with Crippen LogP contribution in [0.1, 0.15) is 58.3 Å². The number of hydrogen-bond donors (Lipinski definition) is 0. The van der Waals surface area contributed by atoms with Gasteiger partial charge in [0, 0.05) is 6.42 Å². The van der Waals surface area contributed by atoms with Crippen molar-refractivity contribution in [1.82, 2.24) is 0 Å². The Kier molecular flexibility index (Phi) is 5.94. The van der Waals surface area contributed by atoms with Crippen LogP contribution in [0.5, 0.6) is 0 Å². The van der Waals surface area contributed by atoms with Crippen molar-refractivity contribution in [2.45, 2.75) is 63.2 Å². The number of hydrogen-bond acceptors (Lipinski definition) is 2. The fourth-order valence-electron chi connectivity index (χ4n) is 2.54. The van der Waals surface area contributed by atoms with Gasteiger partial charge in [0.15, 0.2) is 10.7 Å². The lowest BCUT2D eigenvalue weighted by Crippen LogP contribution is -2.44. The Hall–Kier alpha value is -0.0800. The van der Waals surface area contributed by atoms with E-state index in [2.05, 4.69) is 6.92 Å². The predicted octanol–water partition coefficient (Wildman–Crippen LogP) is 4.07. The Morgan fingerprint density at radius 3 is 2.29 bits per heavy atom. The number of rotatable bonds is 7. The third-order valence-corrected chi connectivity index (χ3v) is 4.70. The van der Waals surface area contributed by atoms with Gasteiger partial charge in [-0.15, -0.1) is 11.6 Å². The highest BCUT2D eigenvalue weighted by atomic mass is 35.5. The van der Waals surface area contributed by atoms with E-state index in [4.69, 9.17) is 23.2 Å². The van der Waals surface area contributed by atoms with Crippen molar-refractivity contribution < 1.29 is 9.59 Å². The van der Waals surface area contributed by atoms with Crippen molar-refractivity contribution in [3.63, 3.8) is 0 Å². The fraction of sp³-hybridized carbons (Fsp3) is 0.846. The van der Waals surface area contributed by atoms with Crippen molar-refractivity contribution in [1.29, 1.82) is 0 Å². The second kappa shape index (κ2) is 6.75. The largest absolute Gasteiger partial charge is 0.297 e. The molecule has 0 amide bonds. The van der Waals surface area contributed by atoms with E-state index in [1.807, 2.05) is 0 Å². The highest BCUT2D eigenvalue weighted by molar-refractivity contribution is 6.74. The van der Waals surface area contributed by atoms with Gasteiger partial charge in [0.25, 0.3) is 5.24 Å². The van der Waals surface area contributed by atoms with Crippen LogP contribution in [0.2, 0.25) is 0 Å². The molecule has 0 N–H and O–H groups in total. The van der Waals surface area contributed by atoms with Gasteiger partial charge >= 0.3 is 0 Å². The number of Topliss-reactive ketones (excluding diaryl/α,β-unsaturated/α-hetero) is 1. The molecule has 0 spiro atoms. The summed E-state index contributed by atoms with van der Waals surface area (Å²) in [5.74, 6) is -0.247. The van der Waals surface area contributed by atoms with Gasteiger partial charge in [0.05, 0.1) is 0 Å². The molecule has 0 bridgehead atoms. The summed E-state index contributed by atoms with van der Waals surface area (Å²) in [6, 6.07) is 0. The van der Waals surface area contributed by atoms with Crippen molar-refractivity contribution in [2.75, 3.05) is 0 Å². The first-order valence-electron chi connectivity index (χ1n) is 6.45. The van der Waals surface area contributed by atoms with E-state index in [1.54, 1.807) is 0 Å². The van der Waals surface area contributed by atoms with Gasteiger partial charge < -0.3 is 0 Å². The van der Waals surface area contributed by atoms with Crippen LogP contribution in [0.3, 0.4) is 0 Å². The number of alkyl halides is 1. The summed E-state index contributed by atoms with van der Waals surface area (Å²) in [7, 11) is 0. The molecule has 4 heteroatoms. The summed E-state index contributed by atoms with van der Waals surface area (Å²) in [4.78, 5) is 22.2. The van der Waals surface area contributed by atoms with E-state index >= 15 is 0 Å². The molecule has 1 unspecified atom stereocenters. The van der Waals surface area contributed by atoms with Gasteiger partial charge in [-0.3, -0.25) is 9.59 Å². The van der Waals surface area contributed by atoms with Crippen LogP contribution in [0, 0.1) is 5.92 Å². The van der Waals surface area contributed by atoms with Crippen molar-refractivity contribution >= 4 is 34.2 Å². The Labute approximate surface area is 113 Å². The summed E-state index contributed by atoms with van der Waals surface area (Å²) in [5.41, 5.74) is 0. The van der Waals surface area contributed by atoms with E-state index in [-0.39, 0.29) is 11.7 Å². The zero-order valence-electron chi connectivity index (χ0n) is 10.3. The first-order chi connectivity index (χ1) is 8.03. The Balaban J connectivity index is 2.69. The molecular weight excluding hydrogens is 259 g/mol. The molecule has 1 aliphatic carbocycles. The summed E-state index contributed by atoms with van der Waals surface area (Å²) < 4.78 is 0. The quantitative estimate of drug-likeness (QED) is 0.305. The van der Waals surface area contributed by atoms with Crippen LogP contribution in [0.15, 0.2) is 0 Å². The number of unbranched alkanes of at least 4 members (excludes halogenated alkanes) is 2. The van der Waals surface area contributed by atoms with Gasteiger partial charge in [-0.2, -0.15) is 0 Å². The minimum absolute atomic E-state index is 0.0664. The second-order valence-electron chi connectivity index (χ2n) is 4.85. The summed E-state index contributed by atoms with van der Waals surface area (Å²) in [6.07, 6.45) is 6.92. The molecule has 2 nitrogen and oxygen atoms in total. The predicted molar refractivity (Wildman–Crippen MR) is 70.6 cm³/mol. The summed E-state index contributed by atoms with van der Waals surface area (Å²) >= 11 is 11.9. The van der Waals surface area contributed by atoms with Crippen molar-refractivity contribution in [3.05, 3.63) is 0 Å². The van der Waals surface area contributed by atoms with Gasteiger partial charge in [-0.25, -0.2) is 0 Å². The van der Waals surface area contributed by atoms with Gasteiger partial charge in [0.1, 0.15) is 0 Å². The second-order valence-corrected chi connectivity index (χ2v) is 5.79. The minimum Gasteiger partial charge on any atom is -0.297 e. The van der Waals surface area contributed by atoms with Crippen LogP contribution in [-0.2, 0) is 9.59 Å². The molecule has 1 aliphatic rings. The van der Waals surface area contributed by atoms with E-state index in [0.29, 0.717) is 6.42 Å². The number of carbonyl (C=O) groups excluding carboxylic acids is 2. The van der Waals surface area contributed by atoms with Crippen molar-refractivity contribution in [3.8, 4) is 0 Å². The average Bonchev–Trinajstić information content (AvgIpc) is 2.81. The molecule has 17 heavy (non-hydrogen) atoms. The van der Waals surface area contributed by atoms with Crippen LogP contribution >= 0.6 is 23.2 Å². The lowest BCUT2D eigenvalue weighted by Gasteiger charge is -2.27. The smallest absolute Gasteiger partial charge is 0.250 e. The van der Waals surface area contributed by atoms with E-state index in [0.717, 1.165) is 44.9 Å². The molecular formula is C13H20Cl2O2. The normalized spacial score (nSPS) is 20.2. The first kappa shape index (κ1) is 15.0. The van der Waals surface area contributed by atoms with Crippen LogP contribution in [0.25, 0.3) is 0 Å². The van der Waals surface area contributed by atoms with Crippen LogP contribution in [0.4, 0.5) is 0 Å². The third-order valence-electron chi connectivity index (χ3n) is 3.62. The van der Waals surface area contributed by atoms with Gasteiger partial charge in [-0.1, -0.05) is 32.6 Å². The molecule has 1 fully saturated rings. The topological polar surface area (TPSA) is 34.1 Å². The molecule has 1 saturated carbocycles. The lowest BCUT2D eigenvalue weighted by atomic mass is 9.85. The SMILES string of the molecule is CCCCCC(=O)C(Cl)(C(=O)Cl)C1CCCC1. The summed E-state index contributed by atoms with van der Waals surface area (Å²) in [6.45, 7) is 2.07. The molecule has 0 aromatic carbocycles. The Morgan fingerprint density at radius 1 is 1.24 bits per heavy atom. The standard InChI is InChI=1S/C13H20Cl2O2/c1-2-3-4-9-11(16)13(15,12(14)17)10-7-5-6-8-10/h10H,2-9H2,1H3. The molecule has 98 valence electrons. The van der Waals surface area contributed by atoms with Gasteiger partial charge in [0.2, 0.25) is 0 Å². The van der Waals surface area contributed by atoms with E-state index < -0.39 is 10.1 Å². The molecule has 0 aromatic heterocycles. The monoisotopic (exact) mass is 278 g/mol. The highest BCUT2D eigenvalue weighted by Crippen LogP contribution is 2.41. The third kappa shape index (κ3) is 3.45. The van der Waals surface area contributed by atoms with Crippen molar-refractivity contribution in [2.24, 2.45) is 5.92 Å². The zero-order valence-corrected chi connectivity index (χ0v) is 11.8. The number of carbonyl (C=O) groups is 2. The van der Waals surface area contributed by atoms with E-state index in [9.17, 15) is 9.59 Å².